The molecule has 0 bridgehead atoms. The van der Waals surface area contributed by atoms with E-state index in [2.05, 4.69) is 0 Å². The van der Waals surface area contributed by atoms with Crippen molar-refractivity contribution < 1.29 is 14.0 Å². The van der Waals surface area contributed by atoms with Crippen LogP contribution in [-0.2, 0) is 9.59 Å². The first-order valence-electron chi connectivity index (χ1n) is 5.35. The molecule has 1 atom stereocenters. The third-order valence-corrected chi connectivity index (χ3v) is 2.92. The summed E-state index contributed by atoms with van der Waals surface area (Å²) in [6.45, 7) is 1.93. The van der Waals surface area contributed by atoms with Crippen molar-refractivity contribution in [3.05, 3.63) is 29.6 Å². The van der Waals surface area contributed by atoms with Gasteiger partial charge in [-0.15, -0.1) is 0 Å². The minimum absolute atomic E-state index is 0.0582. The van der Waals surface area contributed by atoms with E-state index in [9.17, 15) is 14.0 Å². The Morgan fingerprint density at radius 1 is 1.53 bits per heavy atom. The molecule has 0 radical (unpaired) electrons. The molecule has 1 heterocycles. The fraction of sp³-hybridized carbons (Fsp3) is 0.333. The molecular formula is C12H13FN2O2. The molecule has 1 fully saturated rings. The molecule has 1 aromatic rings. The summed E-state index contributed by atoms with van der Waals surface area (Å²) >= 11 is 0. The quantitative estimate of drug-likeness (QED) is 0.831. The third-order valence-electron chi connectivity index (χ3n) is 2.92. The number of halogens is 1. The second-order valence-corrected chi connectivity index (χ2v) is 4.26. The number of benzene rings is 1. The minimum atomic E-state index is -0.525. The van der Waals surface area contributed by atoms with Crippen molar-refractivity contribution in [3.8, 4) is 0 Å². The summed E-state index contributed by atoms with van der Waals surface area (Å²) in [6, 6.07) is 4.63. The van der Waals surface area contributed by atoms with E-state index in [1.807, 2.05) is 0 Å². The smallest absolute Gasteiger partial charge is 0.227 e. The molecule has 2 rings (SSSR count). The molecule has 90 valence electrons. The highest BCUT2D eigenvalue weighted by atomic mass is 19.1. The van der Waals surface area contributed by atoms with E-state index in [1.54, 1.807) is 19.1 Å². The fourth-order valence-corrected chi connectivity index (χ4v) is 1.96. The standard InChI is InChI=1S/C12H13FN2O2/c1-7-2-3-10(9(13)4-7)15-6-8(12(14)17)5-11(15)16/h2-4,8H,5-6H2,1H3,(H2,14,17). The Bertz CT molecular complexity index is 487. The maximum Gasteiger partial charge on any atom is 0.227 e. The topological polar surface area (TPSA) is 63.4 Å². The van der Waals surface area contributed by atoms with E-state index in [-0.39, 0.29) is 24.6 Å². The van der Waals surface area contributed by atoms with Gasteiger partial charge in [0.2, 0.25) is 11.8 Å². The van der Waals surface area contributed by atoms with Crippen LogP contribution in [0.1, 0.15) is 12.0 Å². The number of nitrogens with zero attached hydrogens (tertiary/aromatic N) is 1. The lowest BCUT2D eigenvalue weighted by atomic mass is 10.1. The van der Waals surface area contributed by atoms with Gasteiger partial charge in [0.05, 0.1) is 11.6 Å². The van der Waals surface area contributed by atoms with Crippen molar-refractivity contribution >= 4 is 17.5 Å². The second-order valence-electron chi connectivity index (χ2n) is 4.26. The van der Waals surface area contributed by atoms with Gasteiger partial charge in [-0.25, -0.2) is 4.39 Å². The van der Waals surface area contributed by atoms with Crippen LogP contribution in [0.2, 0.25) is 0 Å². The first-order chi connectivity index (χ1) is 7.99. The van der Waals surface area contributed by atoms with E-state index in [4.69, 9.17) is 5.73 Å². The number of hydrogen-bond donors (Lipinski definition) is 1. The van der Waals surface area contributed by atoms with Crippen molar-refractivity contribution in [2.75, 3.05) is 11.4 Å². The Morgan fingerprint density at radius 2 is 2.24 bits per heavy atom. The van der Waals surface area contributed by atoms with Crippen molar-refractivity contribution in [2.24, 2.45) is 11.7 Å². The van der Waals surface area contributed by atoms with Gasteiger partial charge in [-0.2, -0.15) is 0 Å². The van der Waals surface area contributed by atoms with E-state index in [0.717, 1.165) is 5.56 Å². The van der Waals surface area contributed by atoms with Gasteiger partial charge in [0, 0.05) is 13.0 Å². The summed E-state index contributed by atoms with van der Waals surface area (Å²) in [5.74, 6) is -1.77. The Hall–Kier alpha value is -1.91. The van der Waals surface area contributed by atoms with Crippen LogP contribution in [0, 0.1) is 18.7 Å². The number of primary amides is 1. The zero-order valence-electron chi connectivity index (χ0n) is 9.44. The lowest BCUT2D eigenvalue weighted by Gasteiger charge is -2.17. The zero-order chi connectivity index (χ0) is 12.6. The Labute approximate surface area is 98.2 Å². The fourth-order valence-electron chi connectivity index (χ4n) is 1.96. The van der Waals surface area contributed by atoms with Crippen LogP contribution in [0.3, 0.4) is 0 Å². The average molecular weight is 236 g/mol. The highest BCUT2D eigenvalue weighted by molar-refractivity contribution is 6.00. The van der Waals surface area contributed by atoms with E-state index in [0.29, 0.717) is 0 Å². The number of nitrogens with two attached hydrogens (primary N) is 1. The molecule has 4 nitrogen and oxygen atoms in total. The molecule has 1 saturated heterocycles. The summed E-state index contributed by atoms with van der Waals surface area (Å²) in [6.07, 6.45) is 0.0582. The predicted molar refractivity (Wildman–Crippen MR) is 60.8 cm³/mol. The van der Waals surface area contributed by atoms with Crippen molar-refractivity contribution in [1.82, 2.24) is 0 Å². The van der Waals surface area contributed by atoms with Crippen molar-refractivity contribution in [2.45, 2.75) is 13.3 Å². The first kappa shape index (κ1) is 11.6. The molecule has 0 aliphatic carbocycles. The first-order valence-corrected chi connectivity index (χ1v) is 5.35. The molecule has 1 aliphatic rings. The summed E-state index contributed by atoms with van der Waals surface area (Å²) in [5.41, 5.74) is 6.15. The normalized spacial score (nSPS) is 19.8. The van der Waals surface area contributed by atoms with Gasteiger partial charge in [-0.05, 0) is 24.6 Å². The number of rotatable bonds is 2. The highest BCUT2D eigenvalue weighted by Gasteiger charge is 2.34. The maximum atomic E-state index is 13.7. The molecular weight excluding hydrogens is 223 g/mol. The summed E-state index contributed by atoms with van der Waals surface area (Å²) in [4.78, 5) is 24.0. The Balaban J connectivity index is 2.29. The van der Waals surface area contributed by atoms with Gasteiger partial charge in [0.25, 0.3) is 0 Å². The molecule has 5 heteroatoms. The van der Waals surface area contributed by atoms with Crippen LogP contribution in [0.5, 0.6) is 0 Å². The lowest BCUT2D eigenvalue weighted by molar-refractivity contribution is -0.123. The van der Waals surface area contributed by atoms with Gasteiger partial charge in [-0.1, -0.05) is 6.07 Å². The van der Waals surface area contributed by atoms with Gasteiger partial charge in [0.15, 0.2) is 0 Å². The Morgan fingerprint density at radius 3 is 2.76 bits per heavy atom. The highest BCUT2D eigenvalue weighted by Crippen LogP contribution is 2.27. The number of anilines is 1. The van der Waals surface area contributed by atoms with Gasteiger partial charge in [-0.3, -0.25) is 9.59 Å². The van der Waals surface area contributed by atoms with Crippen LogP contribution in [0.15, 0.2) is 18.2 Å². The number of aryl methyl sites for hydroxylation is 1. The van der Waals surface area contributed by atoms with Gasteiger partial charge < -0.3 is 10.6 Å². The largest absolute Gasteiger partial charge is 0.369 e. The molecule has 0 spiro atoms. The third kappa shape index (κ3) is 2.13. The number of hydrogen-bond acceptors (Lipinski definition) is 2. The maximum absolute atomic E-state index is 13.7. The molecule has 0 aromatic heterocycles. The van der Waals surface area contributed by atoms with Gasteiger partial charge >= 0.3 is 0 Å². The molecule has 2 amide bonds. The second kappa shape index (κ2) is 4.16. The number of carbonyl (C=O) groups excluding carboxylic acids is 2. The summed E-state index contributed by atoms with van der Waals surface area (Å²) < 4.78 is 13.7. The molecule has 1 unspecified atom stereocenters. The number of amides is 2. The van der Waals surface area contributed by atoms with Gasteiger partial charge in [0.1, 0.15) is 5.82 Å². The summed E-state index contributed by atoms with van der Waals surface area (Å²) in [5, 5.41) is 0. The van der Waals surface area contributed by atoms with Crippen LogP contribution < -0.4 is 10.6 Å². The monoisotopic (exact) mass is 236 g/mol. The molecule has 17 heavy (non-hydrogen) atoms. The van der Waals surface area contributed by atoms with Crippen LogP contribution in [-0.4, -0.2) is 18.4 Å². The van der Waals surface area contributed by atoms with E-state index in [1.165, 1.54) is 11.0 Å². The molecule has 1 aliphatic heterocycles. The average Bonchev–Trinajstić information content (AvgIpc) is 2.61. The van der Waals surface area contributed by atoms with Crippen molar-refractivity contribution in [3.63, 3.8) is 0 Å². The van der Waals surface area contributed by atoms with Crippen LogP contribution >= 0.6 is 0 Å². The van der Waals surface area contributed by atoms with Crippen molar-refractivity contribution in [1.29, 1.82) is 0 Å². The SMILES string of the molecule is Cc1ccc(N2CC(C(N)=O)CC2=O)c(F)c1. The zero-order valence-corrected chi connectivity index (χ0v) is 9.44. The molecule has 2 N–H and O–H groups in total. The summed E-state index contributed by atoms with van der Waals surface area (Å²) in [7, 11) is 0. The molecule has 1 aromatic carbocycles. The minimum Gasteiger partial charge on any atom is -0.369 e. The van der Waals surface area contributed by atoms with E-state index >= 15 is 0 Å². The molecule has 0 saturated carbocycles. The predicted octanol–water partition coefficient (Wildman–Crippen LogP) is 0.972. The lowest BCUT2D eigenvalue weighted by Crippen LogP contribution is -2.29. The van der Waals surface area contributed by atoms with Crippen LogP contribution in [0.4, 0.5) is 10.1 Å². The number of carbonyl (C=O) groups is 2. The Kier molecular flexibility index (Phi) is 2.83. The van der Waals surface area contributed by atoms with E-state index < -0.39 is 17.6 Å². The van der Waals surface area contributed by atoms with Crippen LogP contribution in [0.25, 0.3) is 0 Å².